The molecular weight excluding hydrogens is 180 g/mol. The van der Waals surface area contributed by atoms with Gasteiger partial charge in [0.1, 0.15) is 0 Å². The Morgan fingerprint density at radius 1 is 1.18 bits per heavy atom. The summed E-state index contributed by atoms with van der Waals surface area (Å²) in [5, 5.41) is -0.142. The monoisotopic (exact) mass is 188 g/mol. The number of benzene rings is 1. The van der Waals surface area contributed by atoms with Gasteiger partial charge in [0, 0.05) is 0 Å². The first-order valence-corrected chi connectivity index (χ1v) is 5.34. The molecule has 0 heterocycles. The van der Waals surface area contributed by atoms with Crippen LogP contribution in [0.2, 0.25) is 0 Å². The fraction of sp³-hybridized carbons (Fsp3) is 0.143. The van der Waals surface area contributed by atoms with Crippen LogP contribution in [0.5, 0.6) is 0 Å². The predicted octanol–water partition coefficient (Wildman–Crippen LogP) is 1.35. The molecule has 0 saturated carbocycles. The van der Waals surface area contributed by atoms with Crippen molar-refractivity contribution >= 4 is 22.5 Å². The van der Waals surface area contributed by atoms with Gasteiger partial charge in [0.25, 0.3) is 0 Å². The standard InChI is InChI=1S/C7H8O2S2/c8-11(9,6-10)7-4-2-1-3-5-7/h1-5,10H,6H2. The van der Waals surface area contributed by atoms with Gasteiger partial charge in [-0.25, -0.2) is 8.42 Å². The second-order valence-electron chi connectivity index (χ2n) is 2.06. The van der Waals surface area contributed by atoms with Gasteiger partial charge in [-0.15, -0.1) is 0 Å². The van der Waals surface area contributed by atoms with Gasteiger partial charge in [-0.05, 0) is 12.1 Å². The molecule has 0 bridgehead atoms. The van der Waals surface area contributed by atoms with Gasteiger partial charge in [-0.1, -0.05) is 18.2 Å². The Labute approximate surface area is 71.6 Å². The maximum absolute atomic E-state index is 11.1. The van der Waals surface area contributed by atoms with Crippen LogP contribution in [0, 0.1) is 0 Å². The summed E-state index contributed by atoms with van der Waals surface area (Å²) in [6, 6.07) is 8.28. The SMILES string of the molecule is O=S(=O)(CS)c1ccccc1. The molecule has 0 aliphatic rings. The van der Waals surface area contributed by atoms with Gasteiger partial charge >= 0.3 is 0 Å². The Bertz CT molecular complexity index is 316. The molecule has 0 fully saturated rings. The van der Waals surface area contributed by atoms with Gasteiger partial charge in [0.15, 0.2) is 9.84 Å². The van der Waals surface area contributed by atoms with Crippen LogP contribution in [-0.4, -0.2) is 13.5 Å². The number of hydrogen-bond donors (Lipinski definition) is 1. The molecule has 0 unspecified atom stereocenters. The average molecular weight is 188 g/mol. The first-order chi connectivity index (χ1) is 5.17. The molecule has 0 aliphatic heterocycles. The molecule has 0 saturated heterocycles. The molecule has 0 aliphatic carbocycles. The zero-order valence-electron chi connectivity index (χ0n) is 5.77. The number of sulfone groups is 1. The Kier molecular flexibility index (Phi) is 2.57. The van der Waals surface area contributed by atoms with Crippen molar-refractivity contribution in [3.8, 4) is 0 Å². The highest BCUT2D eigenvalue weighted by Crippen LogP contribution is 2.10. The van der Waals surface area contributed by atoms with E-state index in [1.54, 1.807) is 30.3 Å². The Morgan fingerprint density at radius 3 is 2.18 bits per heavy atom. The van der Waals surface area contributed by atoms with Crippen LogP contribution < -0.4 is 0 Å². The van der Waals surface area contributed by atoms with Crippen LogP contribution in [0.15, 0.2) is 35.2 Å². The highest BCUT2D eigenvalue weighted by atomic mass is 32.2. The van der Waals surface area contributed by atoms with Crippen LogP contribution in [-0.2, 0) is 9.84 Å². The van der Waals surface area contributed by atoms with Crippen LogP contribution in [0.1, 0.15) is 0 Å². The highest BCUT2D eigenvalue weighted by Gasteiger charge is 2.09. The van der Waals surface area contributed by atoms with E-state index in [1.165, 1.54) is 0 Å². The van der Waals surface area contributed by atoms with E-state index in [0.29, 0.717) is 4.90 Å². The predicted molar refractivity (Wildman–Crippen MR) is 47.5 cm³/mol. The second kappa shape index (κ2) is 3.28. The summed E-state index contributed by atoms with van der Waals surface area (Å²) in [4.78, 5) is 0.329. The van der Waals surface area contributed by atoms with E-state index in [1.807, 2.05) is 0 Å². The summed E-state index contributed by atoms with van der Waals surface area (Å²) < 4.78 is 22.2. The van der Waals surface area contributed by atoms with E-state index in [-0.39, 0.29) is 5.08 Å². The van der Waals surface area contributed by atoms with Gasteiger partial charge in [0.2, 0.25) is 0 Å². The minimum atomic E-state index is -3.13. The molecule has 1 rings (SSSR count). The molecule has 0 atom stereocenters. The van der Waals surface area contributed by atoms with E-state index in [4.69, 9.17) is 0 Å². The summed E-state index contributed by atoms with van der Waals surface area (Å²) in [6.07, 6.45) is 0. The van der Waals surface area contributed by atoms with Crippen LogP contribution in [0.4, 0.5) is 0 Å². The summed E-state index contributed by atoms with van der Waals surface area (Å²) in [5.74, 6) is 0. The van der Waals surface area contributed by atoms with E-state index >= 15 is 0 Å². The molecule has 1 aromatic carbocycles. The summed E-state index contributed by atoms with van der Waals surface area (Å²) in [7, 11) is -3.13. The molecule has 0 amide bonds. The first kappa shape index (κ1) is 8.62. The zero-order chi connectivity index (χ0) is 8.32. The van der Waals surface area contributed by atoms with Gasteiger partial charge in [0.05, 0.1) is 9.98 Å². The Balaban J connectivity index is 3.14. The molecule has 11 heavy (non-hydrogen) atoms. The molecule has 1 aromatic rings. The third kappa shape index (κ3) is 1.97. The quantitative estimate of drug-likeness (QED) is 0.711. The fourth-order valence-electron chi connectivity index (χ4n) is 0.702. The van der Waals surface area contributed by atoms with Crippen LogP contribution in [0.25, 0.3) is 0 Å². The molecule has 0 N–H and O–H groups in total. The largest absolute Gasteiger partial charge is 0.223 e. The summed E-state index contributed by atoms with van der Waals surface area (Å²) in [5.41, 5.74) is 0. The topological polar surface area (TPSA) is 34.1 Å². The van der Waals surface area contributed by atoms with Crippen molar-refractivity contribution in [2.75, 3.05) is 5.08 Å². The molecule has 2 nitrogen and oxygen atoms in total. The van der Waals surface area contributed by atoms with Crippen molar-refractivity contribution < 1.29 is 8.42 Å². The first-order valence-electron chi connectivity index (χ1n) is 3.05. The maximum Gasteiger partial charge on any atom is 0.187 e. The lowest BCUT2D eigenvalue weighted by Crippen LogP contribution is -2.00. The van der Waals surface area contributed by atoms with E-state index in [0.717, 1.165) is 0 Å². The lowest BCUT2D eigenvalue weighted by Gasteiger charge is -1.97. The molecule has 0 radical (unpaired) electrons. The van der Waals surface area contributed by atoms with E-state index in [2.05, 4.69) is 12.6 Å². The lowest BCUT2D eigenvalue weighted by molar-refractivity contribution is 0.601. The normalized spacial score (nSPS) is 11.4. The summed E-state index contributed by atoms with van der Waals surface area (Å²) in [6.45, 7) is 0. The second-order valence-corrected chi connectivity index (χ2v) is 4.79. The number of rotatable bonds is 2. The maximum atomic E-state index is 11.1. The molecule has 0 spiro atoms. The van der Waals surface area contributed by atoms with Crippen molar-refractivity contribution in [1.82, 2.24) is 0 Å². The van der Waals surface area contributed by atoms with E-state index < -0.39 is 9.84 Å². The van der Waals surface area contributed by atoms with Crippen LogP contribution in [0.3, 0.4) is 0 Å². The van der Waals surface area contributed by atoms with Gasteiger partial charge in [-0.2, -0.15) is 12.6 Å². The fourth-order valence-corrected chi connectivity index (χ4v) is 1.87. The lowest BCUT2D eigenvalue weighted by atomic mass is 10.4. The zero-order valence-corrected chi connectivity index (χ0v) is 7.48. The van der Waals surface area contributed by atoms with Gasteiger partial charge in [-0.3, -0.25) is 0 Å². The Hall–Kier alpha value is -0.480. The van der Waals surface area contributed by atoms with Crippen molar-refractivity contribution in [2.45, 2.75) is 4.90 Å². The smallest absolute Gasteiger partial charge is 0.187 e. The molecule has 60 valence electrons. The van der Waals surface area contributed by atoms with Crippen molar-refractivity contribution in [2.24, 2.45) is 0 Å². The van der Waals surface area contributed by atoms with Crippen molar-refractivity contribution in [3.63, 3.8) is 0 Å². The highest BCUT2D eigenvalue weighted by molar-refractivity contribution is 8.03. The Morgan fingerprint density at radius 2 is 1.73 bits per heavy atom. The van der Waals surface area contributed by atoms with Crippen molar-refractivity contribution in [1.29, 1.82) is 0 Å². The average Bonchev–Trinajstić information content (AvgIpc) is 2.06. The third-order valence-electron chi connectivity index (χ3n) is 1.27. The third-order valence-corrected chi connectivity index (χ3v) is 3.62. The molecule has 4 heteroatoms. The summed E-state index contributed by atoms with van der Waals surface area (Å²) >= 11 is 3.72. The molecule has 0 aromatic heterocycles. The van der Waals surface area contributed by atoms with Crippen molar-refractivity contribution in [3.05, 3.63) is 30.3 Å². The van der Waals surface area contributed by atoms with E-state index in [9.17, 15) is 8.42 Å². The number of hydrogen-bond acceptors (Lipinski definition) is 3. The van der Waals surface area contributed by atoms with Crippen LogP contribution >= 0.6 is 12.6 Å². The minimum Gasteiger partial charge on any atom is -0.223 e. The minimum absolute atomic E-state index is 0.142. The van der Waals surface area contributed by atoms with Gasteiger partial charge < -0.3 is 0 Å². The molecular formula is C7H8O2S2. The number of thiol groups is 1.